The molecule has 4 heteroatoms. The van der Waals surface area contributed by atoms with Gasteiger partial charge in [0.15, 0.2) is 0 Å². The molecule has 0 fully saturated rings. The molecule has 20 heavy (non-hydrogen) atoms. The van der Waals surface area contributed by atoms with Crippen LogP contribution in [-0.4, -0.2) is 16.7 Å². The number of thiophene rings is 1. The van der Waals surface area contributed by atoms with Crippen LogP contribution < -0.4 is 5.32 Å². The number of aromatic amines is 1. The normalized spacial score (nSPS) is 10.8. The lowest BCUT2D eigenvalue weighted by Crippen LogP contribution is -2.16. The highest BCUT2D eigenvalue weighted by Gasteiger charge is 2.07. The molecule has 102 valence electrons. The monoisotopic (exact) mass is 283 g/mol. The van der Waals surface area contributed by atoms with Crippen molar-refractivity contribution in [3.8, 4) is 10.6 Å². The quantitative estimate of drug-likeness (QED) is 0.680. The molecule has 0 radical (unpaired) electrons. The predicted octanol–water partition coefficient (Wildman–Crippen LogP) is 3.47. The highest BCUT2D eigenvalue weighted by molar-refractivity contribution is 7.13. The van der Waals surface area contributed by atoms with Gasteiger partial charge < -0.3 is 5.32 Å². The maximum absolute atomic E-state index is 4.16. The molecule has 0 bridgehead atoms. The molecule has 1 aromatic carbocycles. The minimum absolute atomic E-state index is 0.844. The standard InChI is InChI=1S/C16H17N3S/c1-2-5-13(6-3-1)8-9-17-11-14-12-18-19-16(14)15-7-4-10-20-15/h1-7,10,12,17H,8-9,11H2,(H,18,19). The summed E-state index contributed by atoms with van der Waals surface area (Å²) in [6, 6.07) is 14.7. The van der Waals surface area contributed by atoms with Crippen LogP contribution in [0.1, 0.15) is 11.1 Å². The summed E-state index contributed by atoms with van der Waals surface area (Å²) in [5.74, 6) is 0. The topological polar surface area (TPSA) is 40.7 Å². The number of hydrogen-bond acceptors (Lipinski definition) is 3. The van der Waals surface area contributed by atoms with Crippen molar-refractivity contribution in [1.82, 2.24) is 15.5 Å². The van der Waals surface area contributed by atoms with Crippen LogP contribution in [0.25, 0.3) is 10.6 Å². The van der Waals surface area contributed by atoms with E-state index < -0.39 is 0 Å². The summed E-state index contributed by atoms with van der Waals surface area (Å²) in [5, 5.41) is 12.8. The maximum atomic E-state index is 4.16. The molecular weight excluding hydrogens is 266 g/mol. The summed E-state index contributed by atoms with van der Waals surface area (Å²) in [6.45, 7) is 1.82. The Bertz CT molecular complexity index is 629. The Hall–Kier alpha value is -1.91. The number of nitrogens with one attached hydrogen (secondary N) is 2. The van der Waals surface area contributed by atoms with E-state index in [1.54, 1.807) is 11.3 Å². The van der Waals surface area contributed by atoms with Gasteiger partial charge in [0.25, 0.3) is 0 Å². The van der Waals surface area contributed by atoms with E-state index in [2.05, 4.69) is 63.4 Å². The van der Waals surface area contributed by atoms with E-state index in [4.69, 9.17) is 0 Å². The van der Waals surface area contributed by atoms with Crippen LogP contribution >= 0.6 is 11.3 Å². The molecule has 0 spiro atoms. The van der Waals surface area contributed by atoms with E-state index in [0.29, 0.717) is 0 Å². The van der Waals surface area contributed by atoms with E-state index in [-0.39, 0.29) is 0 Å². The lowest BCUT2D eigenvalue weighted by atomic mass is 10.1. The molecule has 2 aromatic heterocycles. The molecule has 2 N–H and O–H groups in total. The zero-order valence-electron chi connectivity index (χ0n) is 11.2. The zero-order valence-corrected chi connectivity index (χ0v) is 12.0. The van der Waals surface area contributed by atoms with Gasteiger partial charge in [0, 0.05) is 12.1 Å². The Morgan fingerprint density at radius 1 is 1.10 bits per heavy atom. The Balaban J connectivity index is 1.53. The van der Waals surface area contributed by atoms with Crippen LogP contribution in [0.2, 0.25) is 0 Å². The fourth-order valence-electron chi connectivity index (χ4n) is 2.18. The Kier molecular flexibility index (Phi) is 4.25. The van der Waals surface area contributed by atoms with Crippen molar-refractivity contribution in [2.24, 2.45) is 0 Å². The summed E-state index contributed by atoms with van der Waals surface area (Å²) < 4.78 is 0. The summed E-state index contributed by atoms with van der Waals surface area (Å²) in [4.78, 5) is 1.24. The highest BCUT2D eigenvalue weighted by Crippen LogP contribution is 2.25. The van der Waals surface area contributed by atoms with Crippen LogP contribution in [0.4, 0.5) is 0 Å². The van der Waals surface area contributed by atoms with Crippen LogP contribution in [0.5, 0.6) is 0 Å². The fraction of sp³-hybridized carbons (Fsp3) is 0.188. The molecule has 0 atom stereocenters. The van der Waals surface area contributed by atoms with E-state index >= 15 is 0 Å². The first-order chi connectivity index (χ1) is 9.93. The summed E-state index contributed by atoms with van der Waals surface area (Å²) in [7, 11) is 0. The van der Waals surface area contributed by atoms with Crippen LogP contribution in [-0.2, 0) is 13.0 Å². The number of rotatable bonds is 6. The zero-order chi connectivity index (χ0) is 13.6. The first-order valence-electron chi connectivity index (χ1n) is 6.74. The van der Waals surface area contributed by atoms with Crippen LogP contribution in [0.3, 0.4) is 0 Å². The smallest absolute Gasteiger partial charge is 0.0794 e. The van der Waals surface area contributed by atoms with Gasteiger partial charge in [-0.2, -0.15) is 5.10 Å². The first-order valence-corrected chi connectivity index (χ1v) is 7.62. The average Bonchev–Trinajstić information content (AvgIpc) is 3.15. The number of nitrogens with zero attached hydrogens (tertiary/aromatic N) is 1. The summed E-state index contributed by atoms with van der Waals surface area (Å²) in [6.07, 6.45) is 2.96. The minimum atomic E-state index is 0.844. The molecule has 2 heterocycles. The first kappa shape index (κ1) is 13.1. The molecule has 3 aromatic rings. The fourth-order valence-corrected chi connectivity index (χ4v) is 2.94. The van der Waals surface area contributed by atoms with Crippen molar-refractivity contribution in [2.75, 3.05) is 6.54 Å². The van der Waals surface area contributed by atoms with E-state index in [1.165, 1.54) is 16.0 Å². The third-order valence-electron chi connectivity index (χ3n) is 3.23. The van der Waals surface area contributed by atoms with Gasteiger partial charge >= 0.3 is 0 Å². The second-order valence-electron chi connectivity index (χ2n) is 4.66. The van der Waals surface area contributed by atoms with E-state index in [0.717, 1.165) is 25.2 Å². The van der Waals surface area contributed by atoms with Gasteiger partial charge in [-0.25, -0.2) is 0 Å². The summed E-state index contributed by atoms with van der Waals surface area (Å²) in [5.41, 5.74) is 3.72. The molecular formula is C16H17N3S. The number of benzene rings is 1. The Morgan fingerprint density at radius 2 is 2.00 bits per heavy atom. The molecule has 0 aliphatic heterocycles. The number of aromatic nitrogens is 2. The molecule has 3 nitrogen and oxygen atoms in total. The van der Waals surface area contributed by atoms with Crippen molar-refractivity contribution in [1.29, 1.82) is 0 Å². The molecule has 0 aliphatic rings. The Morgan fingerprint density at radius 3 is 2.80 bits per heavy atom. The van der Waals surface area contributed by atoms with Crippen molar-refractivity contribution < 1.29 is 0 Å². The largest absolute Gasteiger partial charge is 0.312 e. The third-order valence-corrected chi connectivity index (χ3v) is 4.12. The van der Waals surface area contributed by atoms with Crippen LogP contribution in [0.15, 0.2) is 54.0 Å². The van der Waals surface area contributed by atoms with Crippen molar-refractivity contribution in [3.63, 3.8) is 0 Å². The molecule has 0 saturated heterocycles. The van der Waals surface area contributed by atoms with E-state index in [1.807, 2.05) is 6.20 Å². The number of hydrogen-bond donors (Lipinski definition) is 2. The molecule has 0 aliphatic carbocycles. The van der Waals surface area contributed by atoms with Gasteiger partial charge in [0.05, 0.1) is 16.8 Å². The minimum Gasteiger partial charge on any atom is -0.312 e. The molecule has 3 rings (SSSR count). The lowest BCUT2D eigenvalue weighted by Gasteiger charge is -2.05. The summed E-state index contributed by atoms with van der Waals surface area (Å²) >= 11 is 1.73. The Labute approximate surface area is 122 Å². The van der Waals surface area contributed by atoms with Crippen LogP contribution in [0, 0.1) is 0 Å². The average molecular weight is 283 g/mol. The van der Waals surface area contributed by atoms with E-state index in [9.17, 15) is 0 Å². The maximum Gasteiger partial charge on any atom is 0.0794 e. The second-order valence-corrected chi connectivity index (χ2v) is 5.61. The SMILES string of the molecule is c1ccc(CCNCc2cn[nH]c2-c2cccs2)cc1. The van der Waals surface area contributed by atoms with Gasteiger partial charge in [-0.05, 0) is 30.0 Å². The van der Waals surface area contributed by atoms with Gasteiger partial charge in [-0.3, -0.25) is 5.10 Å². The lowest BCUT2D eigenvalue weighted by molar-refractivity contribution is 0.688. The highest BCUT2D eigenvalue weighted by atomic mass is 32.1. The second kappa shape index (κ2) is 6.50. The predicted molar refractivity (Wildman–Crippen MR) is 83.8 cm³/mol. The number of H-pyrrole nitrogens is 1. The molecule has 0 unspecified atom stereocenters. The molecule has 0 amide bonds. The molecule has 0 saturated carbocycles. The third kappa shape index (κ3) is 3.15. The van der Waals surface area contributed by atoms with Crippen molar-refractivity contribution >= 4 is 11.3 Å². The van der Waals surface area contributed by atoms with Gasteiger partial charge in [-0.15, -0.1) is 11.3 Å². The van der Waals surface area contributed by atoms with Crippen molar-refractivity contribution in [3.05, 3.63) is 65.2 Å². The van der Waals surface area contributed by atoms with Gasteiger partial charge in [0.2, 0.25) is 0 Å². The van der Waals surface area contributed by atoms with Gasteiger partial charge in [-0.1, -0.05) is 36.4 Å². The van der Waals surface area contributed by atoms with Gasteiger partial charge in [0.1, 0.15) is 0 Å². The van der Waals surface area contributed by atoms with Crippen molar-refractivity contribution in [2.45, 2.75) is 13.0 Å².